The summed E-state index contributed by atoms with van der Waals surface area (Å²) in [6.07, 6.45) is 2.15. The minimum Gasteiger partial charge on any atom is -0.494 e. The molecule has 1 unspecified atom stereocenters. The molecule has 1 aromatic carbocycles. The maximum Gasteiger partial charge on any atom is 0.234 e. The van der Waals surface area contributed by atoms with Crippen LogP contribution in [0.4, 0.5) is 0 Å². The van der Waals surface area contributed by atoms with Crippen molar-refractivity contribution in [3.63, 3.8) is 0 Å². The molecule has 0 bridgehead atoms. The highest BCUT2D eigenvalue weighted by molar-refractivity contribution is 5.78. The Balaban J connectivity index is 1.61. The number of hydrogen-bond acceptors (Lipinski definition) is 4. The molecule has 1 heterocycles. The third-order valence-corrected chi connectivity index (χ3v) is 4.91. The third kappa shape index (κ3) is 7.59. The SMILES string of the molecule is CCC(C)NC(=O)CN1CCN(C(=O)CCCOc2cccc(C)c2)CC1. The van der Waals surface area contributed by atoms with Crippen LogP contribution in [0.15, 0.2) is 24.3 Å². The molecular weight excluding hydrogens is 342 g/mol. The fourth-order valence-electron chi connectivity index (χ4n) is 3.06. The molecule has 27 heavy (non-hydrogen) atoms. The Kier molecular flexibility index (Phi) is 8.58. The summed E-state index contributed by atoms with van der Waals surface area (Å²) in [6.45, 7) is 9.94. The molecule has 0 radical (unpaired) electrons. The molecule has 1 N–H and O–H groups in total. The van der Waals surface area contributed by atoms with E-state index in [1.54, 1.807) is 0 Å². The molecule has 1 aliphatic heterocycles. The normalized spacial score (nSPS) is 16.0. The first-order chi connectivity index (χ1) is 13.0. The first-order valence-corrected chi connectivity index (χ1v) is 9.97. The van der Waals surface area contributed by atoms with Gasteiger partial charge in [0.15, 0.2) is 0 Å². The van der Waals surface area contributed by atoms with Gasteiger partial charge >= 0.3 is 0 Å². The van der Waals surface area contributed by atoms with E-state index in [9.17, 15) is 9.59 Å². The summed E-state index contributed by atoms with van der Waals surface area (Å²) in [5.41, 5.74) is 1.17. The van der Waals surface area contributed by atoms with Crippen LogP contribution >= 0.6 is 0 Å². The molecule has 1 aromatic rings. The predicted octanol–water partition coefficient (Wildman–Crippen LogP) is 2.21. The smallest absolute Gasteiger partial charge is 0.234 e. The molecule has 6 heteroatoms. The number of nitrogens with one attached hydrogen (secondary N) is 1. The lowest BCUT2D eigenvalue weighted by atomic mass is 10.2. The van der Waals surface area contributed by atoms with E-state index < -0.39 is 0 Å². The summed E-state index contributed by atoms with van der Waals surface area (Å²) >= 11 is 0. The molecule has 0 aromatic heterocycles. The van der Waals surface area contributed by atoms with E-state index >= 15 is 0 Å². The number of nitrogens with zero attached hydrogens (tertiary/aromatic N) is 2. The van der Waals surface area contributed by atoms with Crippen LogP contribution in [-0.4, -0.2) is 67.0 Å². The predicted molar refractivity (Wildman–Crippen MR) is 107 cm³/mol. The Hall–Kier alpha value is -2.08. The zero-order valence-electron chi connectivity index (χ0n) is 16.9. The van der Waals surface area contributed by atoms with Crippen molar-refractivity contribution in [3.05, 3.63) is 29.8 Å². The highest BCUT2D eigenvalue weighted by Gasteiger charge is 2.22. The van der Waals surface area contributed by atoms with Gasteiger partial charge in [-0.3, -0.25) is 14.5 Å². The number of amides is 2. The first-order valence-electron chi connectivity index (χ1n) is 9.97. The van der Waals surface area contributed by atoms with Crippen LogP contribution in [0.5, 0.6) is 5.75 Å². The fraction of sp³-hybridized carbons (Fsp3) is 0.619. The van der Waals surface area contributed by atoms with Gasteiger partial charge in [-0.15, -0.1) is 0 Å². The van der Waals surface area contributed by atoms with E-state index in [1.807, 2.05) is 43.0 Å². The van der Waals surface area contributed by atoms with Crippen LogP contribution in [0.2, 0.25) is 0 Å². The van der Waals surface area contributed by atoms with Crippen molar-refractivity contribution < 1.29 is 14.3 Å². The van der Waals surface area contributed by atoms with Gasteiger partial charge in [-0.25, -0.2) is 0 Å². The quantitative estimate of drug-likeness (QED) is 0.672. The minimum atomic E-state index is 0.0671. The highest BCUT2D eigenvalue weighted by Crippen LogP contribution is 2.13. The third-order valence-electron chi connectivity index (χ3n) is 4.91. The number of benzene rings is 1. The van der Waals surface area contributed by atoms with E-state index in [-0.39, 0.29) is 17.9 Å². The fourth-order valence-corrected chi connectivity index (χ4v) is 3.06. The zero-order chi connectivity index (χ0) is 19.6. The monoisotopic (exact) mass is 375 g/mol. The number of hydrogen-bond donors (Lipinski definition) is 1. The van der Waals surface area contributed by atoms with Crippen LogP contribution in [0.3, 0.4) is 0 Å². The Morgan fingerprint density at radius 3 is 2.63 bits per heavy atom. The van der Waals surface area contributed by atoms with Crippen molar-refractivity contribution in [1.29, 1.82) is 0 Å². The molecule has 0 saturated carbocycles. The second kappa shape index (κ2) is 10.9. The molecule has 1 saturated heterocycles. The standard InChI is InChI=1S/C21H33N3O3/c1-4-18(3)22-20(25)16-23-10-12-24(13-11-23)21(26)9-6-14-27-19-8-5-7-17(2)15-19/h5,7-8,15,18H,4,6,9-14,16H2,1-3H3,(H,22,25). The largest absolute Gasteiger partial charge is 0.494 e. The van der Waals surface area contributed by atoms with Gasteiger partial charge in [0.25, 0.3) is 0 Å². The van der Waals surface area contributed by atoms with Gasteiger partial charge < -0.3 is 15.0 Å². The maximum atomic E-state index is 12.3. The minimum absolute atomic E-state index is 0.0671. The van der Waals surface area contributed by atoms with Gasteiger partial charge in [0.2, 0.25) is 11.8 Å². The maximum absolute atomic E-state index is 12.3. The van der Waals surface area contributed by atoms with Gasteiger partial charge in [-0.05, 0) is 44.4 Å². The summed E-state index contributed by atoms with van der Waals surface area (Å²) in [5.74, 6) is 1.09. The summed E-state index contributed by atoms with van der Waals surface area (Å²) in [4.78, 5) is 28.3. The van der Waals surface area contributed by atoms with Gasteiger partial charge in [-0.2, -0.15) is 0 Å². The topological polar surface area (TPSA) is 61.9 Å². The second-order valence-electron chi connectivity index (χ2n) is 7.30. The molecule has 2 amide bonds. The first kappa shape index (κ1) is 21.2. The average Bonchev–Trinajstić information content (AvgIpc) is 2.65. The van der Waals surface area contributed by atoms with E-state index in [0.717, 1.165) is 25.3 Å². The van der Waals surface area contributed by atoms with Gasteiger partial charge in [0.1, 0.15) is 5.75 Å². The number of carbonyl (C=O) groups excluding carboxylic acids is 2. The van der Waals surface area contributed by atoms with Crippen molar-refractivity contribution in [2.24, 2.45) is 0 Å². The Bertz CT molecular complexity index is 612. The Labute approximate surface area is 162 Å². The van der Waals surface area contributed by atoms with Gasteiger partial charge in [0, 0.05) is 38.6 Å². The number of carbonyl (C=O) groups is 2. The summed E-state index contributed by atoms with van der Waals surface area (Å²) in [6, 6.07) is 8.15. The van der Waals surface area contributed by atoms with E-state index in [1.165, 1.54) is 5.56 Å². The second-order valence-corrected chi connectivity index (χ2v) is 7.30. The Morgan fingerprint density at radius 1 is 1.22 bits per heavy atom. The average molecular weight is 376 g/mol. The number of aryl methyl sites for hydroxylation is 1. The van der Waals surface area contributed by atoms with Crippen molar-refractivity contribution >= 4 is 11.8 Å². The van der Waals surface area contributed by atoms with Crippen molar-refractivity contribution in [2.75, 3.05) is 39.3 Å². The molecule has 1 aliphatic rings. The van der Waals surface area contributed by atoms with Crippen molar-refractivity contribution in [1.82, 2.24) is 15.1 Å². The summed E-state index contributed by atoms with van der Waals surface area (Å²) in [7, 11) is 0. The van der Waals surface area contributed by atoms with E-state index in [2.05, 4.69) is 17.1 Å². The molecule has 0 aliphatic carbocycles. The lowest BCUT2D eigenvalue weighted by molar-refractivity contribution is -0.133. The van der Waals surface area contributed by atoms with Crippen LogP contribution in [-0.2, 0) is 9.59 Å². The molecule has 1 fully saturated rings. The van der Waals surface area contributed by atoms with Crippen LogP contribution in [0.25, 0.3) is 0 Å². The van der Waals surface area contributed by atoms with Crippen LogP contribution < -0.4 is 10.1 Å². The van der Waals surface area contributed by atoms with Crippen molar-refractivity contribution in [3.8, 4) is 5.75 Å². The summed E-state index contributed by atoms with van der Waals surface area (Å²) < 4.78 is 5.70. The lowest BCUT2D eigenvalue weighted by Crippen LogP contribution is -2.51. The molecular formula is C21H33N3O3. The van der Waals surface area contributed by atoms with Crippen LogP contribution in [0.1, 0.15) is 38.7 Å². The summed E-state index contributed by atoms with van der Waals surface area (Å²) in [5, 5.41) is 2.99. The highest BCUT2D eigenvalue weighted by atomic mass is 16.5. The van der Waals surface area contributed by atoms with Crippen LogP contribution in [0, 0.1) is 6.92 Å². The van der Waals surface area contributed by atoms with E-state index in [0.29, 0.717) is 39.1 Å². The zero-order valence-corrected chi connectivity index (χ0v) is 16.9. The number of rotatable bonds is 9. The molecule has 1 atom stereocenters. The molecule has 0 spiro atoms. The van der Waals surface area contributed by atoms with Crippen molar-refractivity contribution in [2.45, 2.75) is 46.1 Å². The molecule has 6 nitrogen and oxygen atoms in total. The van der Waals surface area contributed by atoms with Gasteiger partial charge in [-0.1, -0.05) is 19.1 Å². The molecule has 150 valence electrons. The van der Waals surface area contributed by atoms with Gasteiger partial charge in [0.05, 0.1) is 13.2 Å². The number of piperazine rings is 1. The van der Waals surface area contributed by atoms with E-state index in [4.69, 9.17) is 4.74 Å². The lowest BCUT2D eigenvalue weighted by Gasteiger charge is -2.34. The Morgan fingerprint density at radius 2 is 1.96 bits per heavy atom. The molecule has 2 rings (SSSR count). The number of ether oxygens (including phenoxy) is 1.